The molecule has 4 heterocycles. The van der Waals surface area contributed by atoms with Gasteiger partial charge in [-0.1, -0.05) is 122 Å². The summed E-state index contributed by atoms with van der Waals surface area (Å²) in [4.78, 5) is 73.6. The fourth-order valence-corrected chi connectivity index (χ4v) is 9.86. The summed E-state index contributed by atoms with van der Waals surface area (Å²) in [5, 5.41) is 5.52. The van der Waals surface area contributed by atoms with Crippen molar-refractivity contribution < 1.29 is 28.7 Å². The number of methoxy groups -OCH3 is 2. The Kier molecular flexibility index (Phi) is 12.3. The summed E-state index contributed by atoms with van der Waals surface area (Å²) in [6.07, 6.45) is 8.85. The maximum Gasteiger partial charge on any atom is 0.407 e. The average molecular weight is 861 g/mol. The minimum absolute atomic E-state index is 0.0660. The maximum atomic E-state index is 14.6. The van der Waals surface area contributed by atoms with Crippen molar-refractivity contribution in [1.29, 1.82) is 0 Å². The normalized spacial score (nSPS) is 20.2. The Morgan fingerprint density at radius 2 is 1.08 bits per heavy atom. The van der Waals surface area contributed by atoms with Gasteiger partial charge in [0.2, 0.25) is 0 Å². The van der Waals surface area contributed by atoms with Crippen LogP contribution in [0.4, 0.5) is 9.59 Å². The molecule has 4 aromatic carbocycles. The highest BCUT2D eigenvalue weighted by Crippen LogP contribution is 2.47. The molecule has 14 heteroatoms. The summed E-state index contributed by atoms with van der Waals surface area (Å²) in [7, 11) is 2.59. The van der Waals surface area contributed by atoms with E-state index in [1.54, 1.807) is 11.1 Å². The zero-order chi connectivity index (χ0) is 44.2. The van der Waals surface area contributed by atoms with Gasteiger partial charge in [-0.2, -0.15) is 0 Å². The molecule has 0 spiro atoms. The zero-order valence-corrected chi connectivity index (χ0v) is 35.9. The molecule has 14 nitrogen and oxygen atoms in total. The summed E-state index contributed by atoms with van der Waals surface area (Å²) >= 11 is 0. The third kappa shape index (κ3) is 8.59. The number of hydrogen-bond donors (Lipinski definition) is 4. The van der Waals surface area contributed by atoms with Gasteiger partial charge in [-0.25, -0.2) is 19.6 Å². The van der Waals surface area contributed by atoms with E-state index in [0.717, 1.165) is 84.4 Å². The van der Waals surface area contributed by atoms with E-state index in [0.29, 0.717) is 29.4 Å². The van der Waals surface area contributed by atoms with Crippen LogP contribution >= 0.6 is 0 Å². The first-order valence-corrected chi connectivity index (χ1v) is 22.0. The Morgan fingerprint density at radius 3 is 1.61 bits per heavy atom. The van der Waals surface area contributed by atoms with Crippen molar-refractivity contribution in [2.75, 3.05) is 20.8 Å². The van der Waals surface area contributed by atoms with Crippen LogP contribution in [-0.4, -0.2) is 80.5 Å². The van der Waals surface area contributed by atoms with Gasteiger partial charge in [0.05, 0.1) is 50.1 Å². The molecule has 0 radical (unpaired) electrons. The van der Waals surface area contributed by atoms with E-state index in [1.807, 2.05) is 71.8 Å². The van der Waals surface area contributed by atoms with Gasteiger partial charge < -0.3 is 39.9 Å². The van der Waals surface area contributed by atoms with Gasteiger partial charge in [0.15, 0.2) is 0 Å². The third-order valence-corrected chi connectivity index (χ3v) is 13.1. The molecule has 0 bridgehead atoms. The highest BCUT2D eigenvalue weighted by atomic mass is 16.5. The Bertz CT molecular complexity index is 2580. The van der Waals surface area contributed by atoms with Crippen LogP contribution < -0.4 is 10.6 Å². The summed E-state index contributed by atoms with van der Waals surface area (Å²) in [6.45, 7) is 0.551. The highest BCUT2D eigenvalue weighted by Gasteiger charge is 2.48. The van der Waals surface area contributed by atoms with Crippen LogP contribution in [0.5, 0.6) is 0 Å². The SMILES string of the molecule is COC(=O)N[C@@H](C(=O)N1CCC[C@H]1c1ncc(-c2ccc(-c3ccc(-c4cnc([C@@H]5CC6CCCCC6N5C(=O)[C@H](NC(=O)OC)c5ccccc5)[nH]4)cc3)cc2)[nH]1)c1ccccc1. The average Bonchev–Trinajstić information content (AvgIpc) is 4.19. The molecule has 2 saturated heterocycles. The first kappa shape index (κ1) is 42.1. The van der Waals surface area contributed by atoms with Gasteiger partial charge in [-0.15, -0.1) is 0 Å². The topological polar surface area (TPSA) is 175 Å². The number of rotatable bonds is 11. The van der Waals surface area contributed by atoms with Gasteiger partial charge in [0.25, 0.3) is 11.8 Å². The summed E-state index contributed by atoms with van der Waals surface area (Å²) in [5.41, 5.74) is 7.12. The monoisotopic (exact) mass is 860 g/mol. The molecule has 4 N–H and O–H groups in total. The molecule has 64 heavy (non-hydrogen) atoms. The van der Waals surface area contributed by atoms with Gasteiger partial charge >= 0.3 is 12.2 Å². The predicted octanol–water partition coefficient (Wildman–Crippen LogP) is 8.82. The molecule has 4 amide bonds. The quantitative estimate of drug-likeness (QED) is 0.1000. The molecule has 1 aliphatic carbocycles. The van der Waals surface area contributed by atoms with Crippen LogP contribution in [0.3, 0.4) is 0 Å². The second-order valence-electron chi connectivity index (χ2n) is 16.8. The van der Waals surface area contributed by atoms with E-state index < -0.39 is 24.3 Å². The van der Waals surface area contributed by atoms with Crippen molar-refractivity contribution in [2.24, 2.45) is 5.92 Å². The summed E-state index contributed by atoms with van der Waals surface area (Å²) in [6, 6.07) is 32.9. The number of likely N-dealkylation sites (tertiary alicyclic amines) is 2. The highest BCUT2D eigenvalue weighted by molar-refractivity contribution is 5.88. The Labute approximate surface area is 371 Å². The molecule has 3 fully saturated rings. The number of hydrogen-bond acceptors (Lipinski definition) is 8. The number of H-pyrrole nitrogens is 2. The number of nitrogens with zero attached hydrogens (tertiary/aromatic N) is 4. The van der Waals surface area contributed by atoms with Crippen LogP contribution in [0.15, 0.2) is 122 Å². The molecular weight excluding hydrogens is 809 g/mol. The zero-order valence-electron chi connectivity index (χ0n) is 35.9. The van der Waals surface area contributed by atoms with Gasteiger partial charge in [0, 0.05) is 12.6 Å². The van der Waals surface area contributed by atoms with Crippen LogP contribution in [-0.2, 0) is 19.1 Å². The molecular formula is C50H52N8O6. The number of aromatic nitrogens is 4. The number of fused-ring (bicyclic) bond motifs is 1. The second-order valence-corrected chi connectivity index (χ2v) is 16.8. The van der Waals surface area contributed by atoms with Crippen molar-refractivity contribution in [3.8, 4) is 33.6 Å². The standard InChI is InChI=1S/C50H52N8O6/c1-63-49(61)55-43(35-12-5-3-6-13-35)47(59)57-27-11-18-41(57)45-51-29-38(53-45)33-23-19-31(20-24-33)32-21-25-34(26-22-32)39-30-52-46(54-39)42-28-37-16-9-10-17-40(37)58(42)48(60)44(56-50(62)64-2)36-14-7-4-8-15-36/h3-8,12-15,19-26,29-30,37,40-44H,9-11,16-18,27-28H2,1-2H3,(H,51,53)(H,52,54)(H,55,61)(H,56,62)/t37?,40?,41-,42-,43+,44+/m0/s1. The Balaban J connectivity index is 0.887. The van der Waals surface area contributed by atoms with E-state index in [2.05, 4.69) is 69.1 Å². The lowest BCUT2D eigenvalue weighted by atomic mass is 9.84. The third-order valence-electron chi connectivity index (χ3n) is 13.1. The Morgan fingerprint density at radius 1 is 0.594 bits per heavy atom. The van der Waals surface area contributed by atoms with Crippen molar-refractivity contribution in [3.63, 3.8) is 0 Å². The number of amides is 4. The number of carbonyl (C=O) groups is 4. The predicted molar refractivity (Wildman–Crippen MR) is 240 cm³/mol. The number of aromatic amines is 2. The van der Waals surface area contributed by atoms with E-state index in [-0.39, 0.29) is 29.9 Å². The largest absolute Gasteiger partial charge is 0.453 e. The minimum atomic E-state index is -0.886. The fraction of sp³-hybridized carbons (Fsp3) is 0.320. The number of benzene rings is 4. The number of ether oxygens (including phenoxy) is 2. The van der Waals surface area contributed by atoms with Gasteiger partial charge in [0.1, 0.15) is 23.7 Å². The summed E-state index contributed by atoms with van der Waals surface area (Å²) < 4.78 is 9.77. The lowest BCUT2D eigenvalue weighted by molar-refractivity contribution is -0.137. The second kappa shape index (κ2) is 18.6. The van der Waals surface area contributed by atoms with Gasteiger partial charge in [-0.05, 0) is 71.4 Å². The summed E-state index contributed by atoms with van der Waals surface area (Å²) in [5.74, 6) is 1.42. The molecule has 1 saturated carbocycles. The molecule has 6 aromatic rings. The first-order chi connectivity index (χ1) is 31.3. The van der Waals surface area contributed by atoms with Crippen LogP contribution in [0.25, 0.3) is 33.6 Å². The Hall–Kier alpha value is -7.22. The van der Waals surface area contributed by atoms with Crippen molar-refractivity contribution >= 4 is 24.0 Å². The van der Waals surface area contributed by atoms with E-state index in [4.69, 9.17) is 19.4 Å². The molecule has 2 unspecified atom stereocenters. The van der Waals surface area contributed by atoms with E-state index in [9.17, 15) is 19.2 Å². The lowest BCUT2D eigenvalue weighted by Crippen LogP contribution is -2.47. The molecule has 6 atom stereocenters. The lowest BCUT2D eigenvalue weighted by Gasteiger charge is -2.36. The molecule has 328 valence electrons. The van der Waals surface area contributed by atoms with E-state index in [1.165, 1.54) is 14.2 Å². The number of alkyl carbamates (subject to hydrolysis) is 2. The molecule has 2 aromatic heterocycles. The van der Waals surface area contributed by atoms with Crippen molar-refractivity contribution in [2.45, 2.75) is 75.2 Å². The van der Waals surface area contributed by atoms with Crippen molar-refractivity contribution in [1.82, 2.24) is 40.4 Å². The number of carbonyl (C=O) groups excluding carboxylic acids is 4. The molecule has 3 aliphatic rings. The van der Waals surface area contributed by atoms with Gasteiger partial charge in [-0.3, -0.25) is 9.59 Å². The van der Waals surface area contributed by atoms with Crippen molar-refractivity contribution in [3.05, 3.63) is 144 Å². The first-order valence-electron chi connectivity index (χ1n) is 22.0. The fourth-order valence-electron chi connectivity index (χ4n) is 9.86. The number of nitrogens with one attached hydrogen (secondary N) is 4. The van der Waals surface area contributed by atoms with Crippen LogP contribution in [0, 0.1) is 5.92 Å². The molecule has 2 aliphatic heterocycles. The van der Waals surface area contributed by atoms with Crippen LogP contribution in [0.2, 0.25) is 0 Å². The maximum absolute atomic E-state index is 14.6. The minimum Gasteiger partial charge on any atom is -0.453 e. The van der Waals surface area contributed by atoms with E-state index >= 15 is 0 Å². The van der Waals surface area contributed by atoms with Crippen LogP contribution in [0.1, 0.15) is 91.9 Å². The molecule has 9 rings (SSSR count). The smallest absolute Gasteiger partial charge is 0.407 e. The number of imidazole rings is 2.